The summed E-state index contributed by atoms with van der Waals surface area (Å²) in [6, 6.07) is 8.26. The van der Waals surface area contributed by atoms with Crippen LogP contribution in [0.3, 0.4) is 0 Å². The molecule has 0 aliphatic heterocycles. The van der Waals surface area contributed by atoms with Crippen LogP contribution >= 0.6 is 11.3 Å². The zero-order valence-electron chi connectivity index (χ0n) is 7.90. The Morgan fingerprint density at radius 1 is 1.29 bits per heavy atom. The maximum absolute atomic E-state index is 9.11. The van der Waals surface area contributed by atoms with Crippen molar-refractivity contribution in [3.8, 4) is 16.5 Å². The Balaban J connectivity index is 2.33. The monoisotopic (exact) mass is 205 g/mol. The topological polar surface area (TPSA) is 33.1 Å². The highest BCUT2D eigenvalue weighted by atomic mass is 32.1. The van der Waals surface area contributed by atoms with Gasteiger partial charge in [-0.05, 0) is 12.0 Å². The summed E-state index contributed by atoms with van der Waals surface area (Å²) in [6.07, 6.45) is 1.05. The van der Waals surface area contributed by atoms with Gasteiger partial charge in [0.2, 0.25) is 5.88 Å². The summed E-state index contributed by atoms with van der Waals surface area (Å²) in [4.78, 5) is 4.01. The van der Waals surface area contributed by atoms with E-state index in [0.717, 1.165) is 17.0 Å². The fraction of sp³-hybridized carbons (Fsp3) is 0.182. The largest absolute Gasteiger partial charge is 0.493 e. The number of hydrogen-bond acceptors (Lipinski definition) is 3. The van der Waals surface area contributed by atoms with E-state index >= 15 is 0 Å². The Bertz CT molecular complexity index is 419. The minimum absolute atomic E-state index is 0.101. The van der Waals surface area contributed by atoms with E-state index in [1.807, 2.05) is 12.1 Å². The van der Waals surface area contributed by atoms with Crippen LogP contribution < -0.4 is 0 Å². The average molecular weight is 205 g/mol. The highest BCUT2D eigenvalue weighted by Gasteiger charge is 2.02. The minimum Gasteiger partial charge on any atom is -0.493 e. The Morgan fingerprint density at radius 3 is 2.50 bits per heavy atom. The van der Waals surface area contributed by atoms with Gasteiger partial charge in [0.05, 0.1) is 5.38 Å². The summed E-state index contributed by atoms with van der Waals surface area (Å²) >= 11 is 1.45. The molecule has 0 bridgehead atoms. The molecule has 1 N–H and O–H groups in total. The zero-order valence-corrected chi connectivity index (χ0v) is 8.71. The van der Waals surface area contributed by atoms with Crippen LogP contribution in [0.15, 0.2) is 29.6 Å². The molecule has 3 heteroatoms. The van der Waals surface area contributed by atoms with E-state index in [9.17, 15) is 0 Å². The number of aromatic nitrogens is 1. The van der Waals surface area contributed by atoms with Gasteiger partial charge in [-0.1, -0.05) is 31.2 Å². The Labute approximate surface area is 86.9 Å². The second kappa shape index (κ2) is 3.80. The predicted octanol–water partition coefficient (Wildman–Crippen LogP) is 3.08. The number of aromatic hydroxyl groups is 1. The van der Waals surface area contributed by atoms with Crippen molar-refractivity contribution in [1.82, 2.24) is 4.98 Å². The maximum atomic E-state index is 9.11. The first kappa shape index (κ1) is 9.21. The quantitative estimate of drug-likeness (QED) is 0.817. The first-order valence-corrected chi connectivity index (χ1v) is 5.41. The van der Waals surface area contributed by atoms with Crippen molar-refractivity contribution >= 4 is 11.3 Å². The molecule has 0 saturated carbocycles. The van der Waals surface area contributed by atoms with Crippen LogP contribution in [0.5, 0.6) is 5.88 Å². The molecule has 1 aromatic carbocycles. The molecule has 2 aromatic rings. The van der Waals surface area contributed by atoms with Crippen LogP contribution in [0.2, 0.25) is 0 Å². The molecule has 0 aliphatic carbocycles. The van der Waals surface area contributed by atoms with E-state index in [4.69, 9.17) is 5.11 Å². The van der Waals surface area contributed by atoms with Crippen molar-refractivity contribution in [1.29, 1.82) is 0 Å². The number of hydrogen-bond donors (Lipinski definition) is 1. The van der Waals surface area contributed by atoms with Crippen molar-refractivity contribution in [3.05, 3.63) is 35.2 Å². The fourth-order valence-corrected chi connectivity index (χ4v) is 1.97. The molecule has 0 unspecified atom stereocenters. The predicted molar refractivity (Wildman–Crippen MR) is 58.6 cm³/mol. The lowest BCUT2D eigenvalue weighted by molar-refractivity contribution is 0.458. The molecule has 1 aromatic heterocycles. The normalized spacial score (nSPS) is 10.4. The lowest BCUT2D eigenvalue weighted by atomic mass is 10.1. The number of aryl methyl sites for hydroxylation is 1. The first-order valence-electron chi connectivity index (χ1n) is 4.53. The van der Waals surface area contributed by atoms with Crippen LogP contribution in [-0.4, -0.2) is 10.1 Å². The molecule has 0 aliphatic rings. The summed E-state index contributed by atoms with van der Waals surface area (Å²) in [5.74, 6) is 0.101. The molecule has 0 radical (unpaired) electrons. The highest BCUT2D eigenvalue weighted by molar-refractivity contribution is 7.13. The van der Waals surface area contributed by atoms with E-state index in [-0.39, 0.29) is 5.88 Å². The SMILES string of the molecule is CCc1ccc(-c2nc(O)cs2)cc1. The van der Waals surface area contributed by atoms with Crippen molar-refractivity contribution < 1.29 is 5.11 Å². The van der Waals surface area contributed by atoms with Gasteiger partial charge in [0.15, 0.2) is 0 Å². The lowest BCUT2D eigenvalue weighted by Gasteiger charge is -1.98. The summed E-state index contributed by atoms with van der Waals surface area (Å²) in [7, 11) is 0. The van der Waals surface area contributed by atoms with Gasteiger partial charge >= 0.3 is 0 Å². The molecule has 0 amide bonds. The number of rotatable bonds is 2. The highest BCUT2D eigenvalue weighted by Crippen LogP contribution is 2.26. The molecule has 0 fully saturated rings. The number of thiazole rings is 1. The van der Waals surface area contributed by atoms with E-state index in [0.29, 0.717) is 0 Å². The Morgan fingerprint density at radius 2 is 2.00 bits per heavy atom. The standard InChI is InChI=1S/C11H11NOS/c1-2-8-3-5-9(6-4-8)11-12-10(13)7-14-11/h3-7,13H,2H2,1H3. The smallest absolute Gasteiger partial charge is 0.222 e. The molecular formula is C11H11NOS. The van der Waals surface area contributed by atoms with Gasteiger partial charge in [-0.3, -0.25) is 0 Å². The second-order valence-electron chi connectivity index (χ2n) is 3.06. The summed E-state index contributed by atoms with van der Waals surface area (Å²) in [6.45, 7) is 2.13. The van der Waals surface area contributed by atoms with Crippen molar-refractivity contribution in [2.24, 2.45) is 0 Å². The lowest BCUT2D eigenvalue weighted by Crippen LogP contribution is -1.80. The number of nitrogens with zero attached hydrogens (tertiary/aromatic N) is 1. The van der Waals surface area contributed by atoms with Gasteiger partial charge in [-0.2, -0.15) is 0 Å². The number of benzene rings is 1. The van der Waals surface area contributed by atoms with Crippen LogP contribution in [-0.2, 0) is 6.42 Å². The second-order valence-corrected chi connectivity index (χ2v) is 3.92. The summed E-state index contributed by atoms with van der Waals surface area (Å²) < 4.78 is 0. The van der Waals surface area contributed by atoms with Crippen LogP contribution in [0.4, 0.5) is 0 Å². The zero-order chi connectivity index (χ0) is 9.97. The van der Waals surface area contributed by atoms with E-state index in [2.05, 4.69) is 24.0 Å². The fourth-order valence-electron chi connectivity index (χ4n) is 1.28. The summed E-state index contributed by atoms with van der Waals surface area (Å²) in [5.41, 5.74) is 2.38. The van der Waals surface area contributed by atoms with E-state index in [1.165, 1.54) is 16.9 Å². The van der Waals surface area contributed by atoms with Crippen molar-refractivity contribution in [3.63, 3.8) is 0 Å². The molecule has 0 saturated heterocycles. The van der Waals surface area contributed by atoms with Gasteiger partial charge in [0, 0.05) is 5.56 Å². The third kappa shape index (κ3) is 1.77. The van der Waals surface area contributed by atoms with Crippen LogP contribution in [0, 0.1) is 0 Å². The van der Waals surface area contributed by atoms with Crippen LogP contribution in [0.25, 0.3) is 10.6 Å². The minimum atomic E-state index is 0.101. The molecule has 0 spiro atoms. The van der Waals surface area contributed by atoms with Gasteiger partial charge in [-0.15, -0.1) is 11.3 Å². The van der Waals surface area contributed by atoms with Gasteiger partial charge in [0.25, 0.3) is 0 Å². The van der Waals surface area contributed by atoms with Crippen LogP contribution in [0.1, 0.15) is 12.5 Å². The summed E-state index contributed by atoms with van der Waals surface area (Å²) in [5, 5.41) is 11.6. The van der Waals surface area contributed by atoms with E-state index < -0.39 is 0 Å². The van der Waals surface area contributed by atoms with Crippen molar-refractivity contribution in [2.45, 2.75) is 13.3 Å². The average Bonchev–Trinajstić information content (AvgIpc) is 2.65. The molecular weight excluding hydrogens is 194 g/mol. The van der Waals surface area contributed by atoms with E-state index in [1.54, 1.807) is 5.38 Å². The Hall–Kier alpha value is -1.35. The molecule has 2 rings (SSSR count). The molecule has 2 nitrogen and oxygen atoms in total. The molecule has 0 atom stereocenters. The molecule has 14 heavy (non-hydrogen) atoms. The first-order chi connectivity index (χ1) is 6.79. The Kier molecular flexibility index (Phi) is 2.50. The van der Waals surface area contributed by atoms with Gasteiger partial charge in [0.1, 0.15) is 5.01 Å². The van der Waals surface area contributed by atoms with Crippen molar-refractivity contribution in [2.75, 3.05) is 0 Å². The third-order valence-corrected chi connectivity index (χ3v) is 2.98. The van der Waals surface area contributed by atoms with Gasteiger partial charge < -0.3 is 5.11 Å². The third-order valence-electron chi connectivity index (χ3n) is 2.10. The maximum Gasteiger partial charge on any atom is 0.222 e. The van der Waals surface area contributed by atoms with Gasteiger partial charge in [-0.25, -0.2) is 4.98 Å². The molecule has 72 valence electrons. The molecule has 1 heterocycles.